The average molecular weight is 401 g/mol. The predicted molar refractivity (Wildman–Crippen MR) is 106 cm³/mol. The number of nitrogens with zero attached hydrogens (tertiary/aromatic N) is 1. The molecule has 1 heterocycles. The summed E-state index contributed by atoms with van der Waals surface area (Å²) < 4.78 is 24.3. The summed E-state index contributed by atoms with van der Waals surface area (Å²) in [6, 6.07) is 14.0. The van der Waals surface area contributed by atoms with Crippen LogP contribution in [0.15, 0.2) is 53.4 Å². The first-order valence-corrected chi connectivity index (χ1v) is 10.6. The largest absolute Gasteiger partial charge is 0.312 e. The summed E-state index contributed by atoms with van der Waals surface area (Å²) in [6.45, 7) is 2.47. The van der Waals surface area contributed by atoms with Crippen molar-refractivity contribution >= 4 is 27.5 Å². The van der Waals surface area contributed by atoms with Crippen molar-refractivity contribution in [3.05, 3.63) is 59.7 Å². The summed E-state index contributed by atoms with van der Waals surface area (Å²) in [4.78, 5) is 28.3. The van der Waals surface area contributed by atoms with E-state index in [0.717, 1.165) is 29.7 Å². The Balaban J connectivity index is 1.52. The predicted octanol–water partition coefficient (Wildman–Crippen LogP) is 2.06. The summed E-state index contributed by atoms with van der Waals surface area (Å²) in [5, 5.41) is 0. The Bertz CT molecular complexity index is 971. The lowest BCUT2D eigenvalue weighted by atomic mass is 10.0. The standard InChI is InChI=1S/C20H23N3O4S/c1-15-8-10-17(11-9-15)28(26,27)22-21-19(24)12-13-20(25)23-14-4-6-16-5-2-3-7-18(16)23/h2-3,5,7-11,22H,4,6,12-14H2,1H3,(H,21,24). The molecular weight excluding hydrogens is 378 g/mol. The van der Waals surface area contributed by atoms with E-state index in [0.29, 0.717) is 6.54 Å². The molecular formula is C20H23N3O4S. The van der Waals surface area contributed by atoms with Crippen molar-refractivity contribution in [2.24, 2.45) is 0 Å². The van der Waals surface area contributed by atoms with Crippen LogP contribution in [0.3, 0.4) is 0 Å². The first-order valence-electron chi connectivity index (χ1n) is 9.12. The number of sulfonamides is 1. The molecule has 1 aliphatic heterocycles. The second-order valence-corrected chi connectivity index (χ2v) is 8.43. The Morgan fingerprint density at radius 3 is 2.50 bits per heavy atom. The monoisotopic (exact) mass is 401 g/mol. The van der Waals surface area contributed by atoms with Crippen LogP contribution in [0.2, 0.25) is 0 Å². The van der Waals surface area contributed by atoms with Gasteiger partial charge in [0.05, 0.1) is 4.90 Å². The van der Waals surface area contributed by atoms with Crippen LogP contribution in [-0.4, -0.2) is 26.8 Å². The van der Waals surface area contributed by atoms with Crippen LogP contribution in [-0.2, 0) is 26.0 Å². The van der Waals surface area contributed by atoms with Gasteiger partial charge in [-0.3, -0.25) is 15.0 Å². The lowest BCUT2D eigenvalue weighted by molar-refractivity contribution is -0.125. The zero-order valence-electron chi connectivity index (χ0n) is 15.6. The fourth-order valence-corrected chi connectivity index (χ4v) is 3.97. The van der Waals surface area contributed by atoms with Crippen LogP contribution in [0.1, 0.15) is 30.4 Å². The molecule has 2 amide bonds. The van der Waals surface area contributed by atoms with Gasteiger partial charge in [-0.2, -0.15) is 0 Å². The number of benzene rings is 2. The lowest BCUT2D eigenvalue weighted by Gasteiger charge is -2.29. The second-order valence-electron chi connectivity index (χ2n) is 6.74. The SMILES string of the molecule is Cc1ccc(S(=O)(=O)NNC(=O)CCC(=O)N2CCCc3ccccc32)cc1. The van der Waals surface area contributed by atoms with Gasteiger partial charge < -0.3 is 4.90 Å². The number of hydrogen-bond donors (Lipinski definition) is 2. The number of para-hydroxylation sites is 1. The van der Waals surface area contributed by atoms with Crippen LogP contribution >= 0.6 is 0 Å². The molecule has 2 aromatic rings. The van der Waals surface area contributed by atoms with E-state index in [1.54, 1.807) is 17.0 Å². The van der Waals surface area contributed by atoms with Gasteiger partial charge in [0.1, 0.15) is 0 Å². The zero-order valence-corrected chi connectivity index (χ0v) is 16.5. The summed E-state index contributed by atoms with van der Waals surface area (Å²) in [5.41, 5.74) is 5.11. The van der Waals surface area contributed by atoms with E-state index in [1.165, 1.54) is 12.1 Å². The maximum absolute atomic E-state index is 12.5. The molecule has 2 aromatic carbocycles. The zero-order chi connectivity index (χ0) is 20.1. The molecule has 0 atom stereocenters. The Morgan fingerprint density at radius 1 is 1.04 bits per heavy atom. The summed E-state index contributed by atoms with van der Waals surface area (Å²) in [5.74, 6) is -0.710. The molecule has 2 N–H and O–H groups in total. The number of hydrogen-bond acceptors (Lipinski definition) is 4. The third-order valence-corrected chi connectivity index (χ3v) is 5.90. The molecule has 148 valence electrons. The van der Waals surface area contributed by atoms with Crippen molar-refractivity contribution in [2.75, 3.05) is 11.4 Å². The highest BCUT2D eigenvalue weighted by Gasteiger charge is 2.22. The van der Waals surface area contributed by atoms with E-state index in [4.69, 9.17) is 0 Å². The third kappa shape index (κ3) is 4.76. The minimum absolute atomic E-state index is 0.00638. The minimum atomic E-state index is -3.85. The maximum Gasteiger partial charge on any atom is 0.257 e. The summed E-state index contributed by atoms with van der Waals surface area (Å²) in [7, 11) is -3.85. The van der Waals surface area contributed by atoms with Gasteiger partial charge in [-0.1, -0.05) is 35.9 Å². The number of nitrogens with one attached hydrogen (secondary N) is 2. The molecule has 0 spiro atoms. The molecule has 0 fully saturated rings. The number of fused-ring (bicyclic) bond motifs is 1. The minimum Gasteiger partial charge on any atom is -0.312 e. The van der Waals surface area contributed by atoms with E-state index in [1.807, 2.05) is 31.2 Å². The maximum atomic E-state index is 12.5. The van der Waals surface area contributed by atoms with Gasteiger partial charge in [-0.05, 0) is 43.5 Å². The van der Waals surface area contributed by atoms with Crippen molar-refractivity contribution in [3.63, 3.8) is 0 Å². The van der Waals surface area contributed by atoms with E-state index >= 15 is 0 Å². The van der Waals surface area contributed by atoms with E-state index in [9.17, 15) is 18.0 Å². The number of rotatable bonds is 6. The molecule has 3 rings (SSSR count). The topological polar surface area (TPSA) is 95.6 Å². The molecule has 1 aliphatic rings. The van der Waals surface area contributed by atoms with Gasteiger partial charge in [0.2, 0.25) is 11.8 Å². The molecule has 0 bridgehead atoms. The van der Waals surface area contributed by atoms with Crippen LogP contribution in [0.25, 0.3) is 0 Å². The number of carbonyl (C=O) groups excluding carboxylic acids is 2. The Hall–Kier alpha value is -2.71. The highest BCUT2D eigenvalue weighted by atomic mass is 32.2. The van der Waals surface area contributed by atoms with Crippen molar-refractivity contribution in [2.45, 2.75) is 37.5 Å². The first-order chi connectivity index (χ1) is 13.4. The van der Waals surface area contributed by atoms with Gasteiger partial charge in [0.15, 0.2) is 0 Å². The normalized spacial score (nSPS) is 13.7. The Morgan fingerprint density at radius 2 is 1.75 bits per heavy atom. The van der Waals surface area contributed by atoms with Gasteiger partial charge in [-0.25, -0.2) is 8.42 Å². The lowest BCUT2D eigenvalue weighted by Crippen LogP contribution is -2.42. The molecule has 0 saturated carbocycles. The van der Waals surface area contributed by atoms with Crippen LogP contribution in [0.5, 0.6) is 0 Å². The molecule has 0 aliphatic carbocycles. The van der Waals surface area contributed by atoms with Gasteiger partial charge in [0, 0.05) is 25.1 Å². The fraction of sp³-hybridized carbons (Fsp3) is 0.300. The highest BCUT2D eigenvalue weighted by Crippen LogP contribution is 2.27. The summed E-state index contributed by atoms with van der Waals surface area (Å²) >= 11 is 0. The highest BCUT2D eigenvalue weighted by molar-refractivity contribution is 7.89. The van der Waals surface area contributed by atoms with E-state index < -0.39 is 15.9 Å². The smallest absolute Gasteiger partial charge is 0.257 e. The van der Waals surface area contributed by atoms with Gasteiger partial charge in [-0.15, -0.1) is 4.83 Å². The van der Waals surface area contributed by atoms with Crippen LogP contribution in [0.4, 0.5) is 5.69 Å². The first kappa shape index (κ1) is 20.0. The van der Waals surface area contributed by atoms with Crippen molar-refractivity contribution in [1.82, 2.24) is 10.3 Å². The number of amides is 2. The fourth-order valence-electron chi connectivity index (χ4n) is 3.11. The van der Waals surface area contributed by atoms with Crippen molar-refractivity contribution < 1.29 is 18.0 Å². The number of hydrazine groups is 1. The summed E-state index contributed by atoms with van der Waals surface area (Å²) in [6.07, 6.45) is 1.72. The quantitative estimate of drug-likeness (QED) is 0.725. The van der Waals surface area contributed by atoms with Crippen LogP contribution < -0.4 is 15.2 Å². The third-order valence-electron chi connectivity index (χ3n) is 4.63. The van der Waals surface area contributed by atoms with Crippen molar-refractivity contribution in [1.29, 1.82) is 0 Å². The molecule has 28 heavy (non-hydrogen) atoms. The number of aryl methyl sites for hydroxylation is 2. The van der Waals surface area contributed by atoms with Crippen LogP contribution in [0, 0.1) is 6.92 Å². The molecule has 0 aromatic heterocycles. The van der Waals surface area contributed by atoms with E-state index in [-0.39, 0.29) is 23.6 Å². The number of carbonyl (C=O) groups is 2. The molecule has 8 heteroatoms. The molecule has 0 saturated heterocycles. The van der Waals surface area contributed by atoms with Crippen molar-refractivity contribution in [3.8, 4) is 0 Å². The molecule has 0 unspecified atom stereocenters. The molecule has 0 radical (unpaired) electrons. The van der Waals surface area contributed by atoms with E-state index in [2.05, 4.69) is 10.3 Å². The number of anilines is 1. The Labute approximate surface area is 164 Å². The second kappa shape index (κ2) is 8.53. The Kier molecular flexibility index (Phi) is 6.11. The van der Waals surface area contributed by atoms with Gasteiger partial charge >= 0.3 is 0 Å². The van der Waals surface area contributed by atoms with Gasteiger partial charge in [0.25, 0.3) is 10.0 Å². The average Bonchev–Trinajstić information content (AvgIpc) is 2.70. The molecule has 7 nitrogen and oxygen atoms in total.